The number of carbonyl (C=O) groups excluding carboxylic acids is 1. The van der Waals surface area contributed by atoms with Crippen molar-refractivity contribution in [1.29, 1.82) is 0 Å². The number of halogens is 3. The van der Waals surface area contributed by atoms with Gasteiger partial charge >= 0.3 is 12.1 Å². The van der Waals surface area contributed by atoms with Crippen LogP contribution in [0.25, 0.3) is 11.3 Å². The molecule has 0 fully saturated rings. The molecule has 2 rings (SSSR count). The maximum atomic E-state index is 12.6. The molecule has 1 aromatic heterocycles. The summed E-state index contributed by atoms with van der Waals surface area (Å²) in [5, 5.41) is 4.23. The lowest BCUT2D eigenvalue weighted by Gasteiger charge is -2.06. The van der Waals surface area contributed by atoms with E-state index in [1.54, 1.807) is 6.92 Å². The maximum Gasteiger partial charge on any atom is 0.416 e. The molecule has 1 aromatic carbocycles. The van der Waals surface area contributed by atoms with E-state index >= 15 is 0 Å². The quantitative estimate of drug-likeness (QED) is 0.807. The van der Waals surface area contributed by atoms with Crippen molar-refractivity contribution in [2.45, 2.75) is 26.6 Å². The van der Waals surface area contributed by atoms with Crippen LogP contribution in [0.3, 0.4) is 0 Å². The molecular formula is C15H15F3N2O2. The molecular weight excluding hydrogens is 297 g/mol. The molecule has 0 saturated heterocycles. The van der Waals surface area contributed by atoms with Gasteiger partial charge in [-0.2, -0.15) is 18.3 Å². The topological polar surface area (TPSA) is 44.1 Å². The minimum Gasteiger partial charge on any atom is -0.461 e. The number of hydrogen-bond donors (Lipinski definition) is 0. The molecule has 4 nitrogen and oxygen atoms in total. The van der Waals surface area contributed by atoms with E-state index in [0.717, 1.165) is 12.1 Å². The molecule has 0 aliphatic carbocycles. The van der Waals surface area contributed by atoms with Gasteiger partial charge in [0.15, 0.2) is 0 Å². The standard InChI is InChI=1S/C15H15F3N2O2/c1-3-20-13(14(21)22-4-2)9-12(19-20)10-5-7-11(8-6-10)15(16,17)18/h5-9H,3-4H2,1-2H3. The van der Waals surface area contributed by atoms with E-state index in [1.165, 1.54) is 22.9 Å². The van der Waals surface area contributed by atoms with Gasteiger partial charge < -0.3 is 4.74 Å². The molecule has 1 heterocycles. The van der Waals surface area contributed by atoms with Crippen molar-refractivity contribution in [2.75, 3.05) is 6.61 Å². The molecule has 118 valence electrons. The summed E-state index contributed by atoms with van der Waals surface area (Å²) in [6, 6.07) is 6.17. The molecule has 0 aliphatic rings. The minimum atomic E-state index is -4.38. The van der Waals surface area contributed by atoms with E-state index in [1.807, 2.05) is 6.92 Å². The van der Waals surface area contributed by atoms with Crippen molar-refractivity contribution in [2.24, 2.45) is 0 Å². The lowest BCUT2D eigenvalue weighted by molar-refractivity contribution is -0.137. The number of aryl methyl sites for hydroxylation is 1. The Hall–Kier alpha value is -2.31. The van der Waals surface area contributed by atoms with Crippen molar-refractivity contribution in [3.05, 3.63) is 41.6 Å². The van der Waals surface area contributed by atoms with Crippen molar-refractivity contribution in [1.82, 2.24) is 9.78 Å². The summed E-state index contributed by atoms with van der Waals surface area (Å²) in [5.74, 6) is -0.505. The predicted molar refractivity (Wildman–Crippen MR) is 74.3 cm³/mol. The highest BCUT2D eigenvalue weighted by atomic mass is 19.4. The fourth-order valence-corrected chi connectivity index (χ4v) is 2.00. The van der Waals surface area contributed by atoms with Crippen LogP contribution in [0.1, 0.15) is 29.9 Å². The molecule has 0 N–H and O–H groups in total. The molecule has 22 heavy (non-hydrogen) atoms. The van der Waals surface area contributed by atoms with E-state index in [9.17, 15) is 18.0 Å². The first-order valence-corrected chi connectivity index (χ1v) is 6.79. The van der Waals surface area contributed by atoms with E-state index in [2.05, 4.69) is 5.10 Å². The summed E-state index contributed by atoms with van der Waals surface area (Å²) in [6.45, 7) is 4.20. The smallest absolute Gasteiger partial charge is 0.416 e. The van der Waals surface area contributed by atoms with Crippen LogP contribution in [0.2, 0.25) is 0 Å². The van der Waals surface area contributed by atoms with Gasteiger partial charge in [0.25, 0.3) is 0 Å². The zero-order valence-corrected chi connectivity index (χ0v) is 12.1. The van der Waals surface area contributed by atoms with Crippen LogP contribution in [0.5, 0.6) is 0 Å². The Labute approximate surface area is 125 Å². The number of benzene rings is 1. The van der Waals surface area contributed by atoms with Crippen molar-refractivity contribution < 1.29 is 22.7 Å². The number of aromatic nitrogens is 2. The first-order chi connectivity index (χ1) is 10.4. The Morgan fingerprint density at radius 1 is 1.23 bits per heavy atom. The zero-order valence-electron chi connectivity index (χ0n) is 12.1. The Kier molecular flexibility index (Phi) is 4.54. The SMILES string of the molecule is CCOC(=O)c1cc(-c2ccc(C(F)(F)F)cc2)nn1CC. The summed E-state index contributed by atoms with van der Waals surface area (Å²) in [7, 11) is 0. The van der Waals surface area contributed by atoms with Gasteiger partial charge in [-0.05, 0) is 32.0 Å². The largest absolute Gasteiger partial charge is 0.461 e. The van der Waals surface area contributed by atoms with Crippen molar-refractivity contribution in [3.8, 4) is 11.3 Å². The van der Waals surface area contributed by atoms with Gasteiger partial charge in [-0.15, -0.1) is 0 Å². The molecule has 2 aromatic rings. The van der Waals surface area contributed by atoms with Gasteiger partial charge in [0, 0.05) is 12.1 Å². The van der Waals surface area contributed by atoms with Gasteiger partial charge in [0.1, 0.15) is 5.69 Å². The summed E-state index contributed by atoms with van der Waals surface area (Å²) in [6.07, 6.45) is -4.38. The van der Waals surface area contributed by atoms with Gasteiger partial charge in [0.2, 0.25) is 0 Å². The Morgan fingerprint density at radius 2 is 1.86 bits per heavy atom. The summed E-state index contributed by atoms with van der Waals surface area (Å²) in [5.41, 5.74) is 0.486. The molecule has 0 radical (unpaired) electrons. The third kappa shape index (κ3) is 3.29. The number of carbonyl (C=O) groups is 1. The van der Waals surface area contributed by atoms with Crippen LogP contribution in [-0.4, -0.2) is 22.4 Å². The van der Waals surface area contributed by atoms with Crippen LogP contribution in [0, 0.1) is 0 Å². The number of esters is 1. The molecule has 0 saturated carbocycles. The number of rotatable bonds is 4. The molecule has 0 amide bonds. The van der Waals surface area contributed by atoms with Crippen LogP contribution in [0.4, 0.5) is 13.2 Å². The Balaban J connectivity index is 2.35. The van der Waals surface area contributed by atoms with E-state index in [-0.39, 0.29) is 12.3 Å². The molecule has 0 bridgehead atoms. The first kappa shape index (κ1) is 16.1. The third-order valence-corrected chi connectivity index (χ3v) is 3.07. The van der Waals surface area contributed by atoms with Gasteiger partial charge in [-0.25, -0.2) is 4.79 Å². The zero-order chi connectivity index (χ0) is 16.3. The maximum absolute atomic E-state index is 12.6. The second-order valence-corrected chi connectivity index (χ2v) is 4.53. The Morgan fingerprint density at radius 3 is 2.36 bits per heavy atom. The second-order valence-electron chi connectivity index (χ2n) is 4.53. The molecule has 0 unspecified atom stereocenters. The number of nitrogens with zero attached hydrogens (tertiary/aromatic N) is 2. The molecule has 0 spiro atoms. The lowest BCUT2D eigenvalue weighted by atomic mass is 10.1. The molecule has 7 heteroatoms. The summed E-state index contributed by atoms with van der Waals surface area (Å²) < 4.78 is 44.1. The van der Waals surface area contributed by atoms with Gasteiger partial charge in [-0.3, -0.25) is 4.68 Å². The fraction of sp³-hybridized carbons (Fsp3) is 0.333. The van der Waals surface area contributed by atoms with Crippen LogP contribution in [-0.2, 0) is 17.5 Å². The highest BCUT2D eigenvalue weighted by molar-refractivity contribution is 5.89. The summed E-state index contributed by atoms with van der Waals surface area (Å²) in [4.78, 5) is 11.8. The first-order valence-electron chi connectivity index (χ1n) is 6.79. The average molecular weight is 312 g/mol. The Bertz CT molecular complexity index is 660. The lowest BCUT2D eigenvalue weighted by Crippen LogP contribution is -2.12. The number of ether oxygens (including phenoxy) is 1. The fourth-order valence-electron chi connectivity index (χ4n) is 2.00. The van der Waals surface area contributed by atoms with Crippen LogP contribution in [0.15, 0.2) is 30.3 Å². The van der Waals surface area contributed by atoms with Gasteiger partial charge in [0.05, 0.1) is 17.9 Å². The normalized spacial score (nSPS) is 11.5. The average Bonchev–Trinajstić information content (AvgIpc) is 2.91. The molecule has 0 aliphatic heterocycles. The van der Waals surface area contributed by atoms with Crippen molar-refractivity contribution in [3.63, 3.8) is 0 Å². The highest BCUT2D eigenvalue weighted by Gasteiger charge is 2.30. The van der Waals surface area contributed by atoms with Crippen LogP contribution < -0.4 is 0 Å². The minimum absolute atomic E-state index is 0.239. The van der Waals surface area contributed by atoms with Crippen molar-refractivity contribution >= 4 is 5.97 Å². The second kappa shape index (κ2) is 6.21. The monoisotopic (exact) mass is 312 g/mol. The van der Waals surface area contributed by atoms with Gasteiger partial charge in [-0.1, -0.05) is 12.1 Å². The predicted octanol–water partition coefficient (Wildman–Crippen LogP) is 3.77. The third-order valence-electron chi connectivity index (χ3n) is 3.07. The van der Waals surface area contributed by atoms with E-state index in [4.69, 9.17) is 4.74 Å². The number of hydrogen-bond acceptors (Lipinski definition) is 3. The number of alkyl halides is 3. The highest BCUT2D eigenvalue weighted by Crippen LogP contribution is 2.30. The molecule has 0 atom stereocenters. The summed E-state index contributed by atoms with van der Waals surface area (Å²) >= 11 is 0. The van der Waals surface area contributed by atoms with E-state index in [0.29, 0.717) is 17.8 Å². The van der Waals surface area contributed by atoms with E-state index < -0.39 is 17.7 Å². The van der Waals surface area contributed by atoms with Crippen LogP contribution >= 0.6 is 0 Å².